The molecule has 3 N–H and O–H groups in total. The quantitative estimate of drug-likeness (QED) is 0.556. The fraction of sp³-hybridized carbons (Fsp3) is 0.500. The maximum Gasteiger partial charge on any atom is 0.249 e. The first-order chi connectivity index (χ1) is 16.4. The van der Waals surface area contributed by atoms with Crippen LogP contribution in [0.4, 0.5) is 10.1 Å². The lowest BCUT2D eigenvalue weighted by molar-refractivity contribution is -0.122. The summed E-state index contributed by atoms with van der Waals surface area (Å²) in [5.74, 6) is -0.503. The van der Waals surface area contributed by atoms with E-state index in [0.717, 1.165) is 41.8 Å². The lowest BCUT2D eigenvalue weighted by Gasteiger charge is -2.26. The number of halogens is 1. The van der Waals surface area contributed by atoms with Gasteiger partial charge in [-0.1, -0.05) is 44.2 Å². The van der Waals surface area contributed by atoms with Crippen molar-refractivity contribution in [1.82, 2.24) is 5.32 Å². The normalized spacial score (nSPS) is 16.8. The van der Waals surface area contributed by atoms with E-state index in [2.05, 4.69) is 10.2 Å². The van der Waals surface area contributed by atoms with Gasteiger partial charge in [-0.15, -0.1) is 0 Å². The third-order valence-corrected chi connectivity index (χ3v) is 7.56. The Bertz CT molecular complexity index is 1030. The highest BCUT2D eigenvalue weighted by atomic mass is 19.1. The first-order valence-corrected chi connectivity index (χ1v) is 12.6. The zero-order valence-electron chi connectivity index (χ0n) is 20.1. The fourth-order valence-corrected chi connectivity index (χ4v) is 5.75. The average Bonchev–Trinajstić information content (AvgIpc) is 3.22. The lowest BCUT2D eigenvalue weighted by atomic mass is 9.80. The Morgan fingerprint density at radius 1 is 1.18 bits per heavy atom. The Balaban J connectivity index is 1.45. The first kappa shape index (κ1) is 24.2. The second kappa shape index (κ2) is 11.0. The summed E-state index contributed by atoms with van der Waals surface area (Å²) < 4.78 is 13.5. The minimum Gasteiger partial charge on any atom is -0.369 e. The molecule has 2 aromatic carbocycles. The van der Waals surface area contributed by atoms with Gasteiger partial charge in [0.25, 0.3) is 0 Å². The van der Waals surface area contributed by atoms with E-state index in [0.29, 0.717) is 31.0 Å². The van der Waals surface area contributed by atoms with E-state index < -0.39 is 11.8 Å². The van der Waals surface area contributed by atoms with Crippen molar-refractivity contribution in [3.8, 4) is 0 Å². The molecular weight excluding hydrogens is 429 g/mol. The fourth-order valence-electron chi connectivity index (χ4n) is 5.75. The predicted molar refractivity (Wildman–Crippen MR) is 134 cm³/mol. The molecule has 0 aromatic heterocycles. The van der Waals surface area contributed by atoms with Crippen LogP contribution in [0.3, 0.4) is 0 Å². The number of nitrogens with two attached hydrogens (primary N) is 1. The van der Waals surface area contributed by atoms with Crippen LogP contribution in [0.5, 0.6) is 0 Å². The summed E-state index contributed by atoms with van der Waals surface area (Å²) in [6.45, 7) is 3.93. The van der Waals surface area contributed by atoms with Gasteiger partial charge in [0, 0.05) is 30.9 Å². The monoisotopic (exact) mass is 465 g/mol. The van der Waals surface area contributed by atoms with Crippen LogP contribution in [0.15, 0.2) is 36.4 Å². The number of benzene rings is 2. The molecule has 0 spiro atoms. The van der Waals surface area contributed by atoms with Crippen molar-refractivity contribution in [2.24, 2.45) is 11.7 Å². The first-order valence-electron chi connectivity index (χ1n) is 12.6. The largest absolute Gasteiger partial charge is 0.369 e. The number of fused-ring (bicyclic) bond motifs is 1. The van der Waals surface area contributed by atoms with Gasteiger partial charge in [0.05, 0.1) is 5.92 Å². The van der Waals surface area contributed by atoms with Crippen molar-refractivity contribution in [2.75, 3.05) is 24.5 Å². The van der Waals surface area contributed by atoms with Gasteiger partial charge in [-0.3, -0.25) is 9.59 Å². The molecule has 0 radical (unpaired) electrons. The molecule has 2 aliphatic rings. The molecule has 0 unspecified atom stereocenters. The molecule has 1 aliphatic carbocycles. The summed E-state index contributed by atoms with van der Waals surface area (Å²) in [5.41, 5.74) is 9.89. The minimum absolute atomic E-state index is 0.0499. The van der Waals surface area contributed by atoms with Gasteiger partial charge in [0.15, 0.2) is 0 Å². The van der Waals surface area contributed by atoms with E-state index in [4.69, 9.17) is 5.73 Å². The maximum atomic E-state index is 13.5. The zero-order valence-corrected chi connectivity index (χ0v) is 20.1. The van der Waals surface area contributed by atoms with Crippen molar-refractivity contribution < 1.29 is 14.0 Å². The van der Waals surface area contributed by atoms with Gasteiger partial charge in [0.2, 0.25) is 11.8 Å². The SMILES string of the molecule is Cc1cccc(C(N)=O)c1[C@H](CCC1CCCCC1)C(=O)NCCN1CCc2cc(F)ccc21. The maximum absolute atomic E-state index is 13.5. The minimum atomic E-state index is -0.491. The number of hydrogen-bond acceptors (Lipinski definition) is 3. The van der Waals surface area contributed by atoms with E-state index in [-0.39, 0.29) is 11.7 Å². The molecule has 2 amide bonds. The van der Waals surface area contributed by atoms with Crippen LogP contribution < -0.4 is 16.0 Å². The number of hydrogen-bond donors (Lipinski definition) is 2. The molecule has 1 fully saturated rings. The topological polar surface area (TPSA) is 75.4 Å². The number of carbonyl (C=O) groups excluding carboxylic acids is 2. The molecule has 4 rings (SSSR count). The number of amides is 2. The van der Waals surface area contributed by atoms with Crippen LogP contribution >= 0.6 is 0 Å². The summed E-state index contributed by atoms with van der Waals surface area (Å²) in [6.07, 6.45) is 8.79. The number of aryl methyl sites for hydroxylation is 1. The standard InChI is InChI=1S/C28H36FN3O2/c1-19-6-5-9-23(27(30)33)26(19)24(12-10-20-7-3-2-4-8-20)28(34)31-15-17-32-16-14-21-18-22(29)11-13-25(21)32/h5-6,9,11,13,18,20,24H,2-4,7-8,10,12,14-17H2,1H3,(H2,30,33)(H,31,34)/t24-/m0/s1. The van der Waals surface area contributed by atoms with Crippen LogP contribution in [0.1, 0.15) is 77.9 Å². The summed E-state index contributed by atoms with van der Waals surface area (Å²) in [4.78, 5) is 27.9. The van der Waals surface area contributed by atoms with Crippen molar-refractivity contribution >= 4 is 17.5 Å². The van der Waals surface area contributed by atoms with E-state index in [1.54, 1.807) is 12.1 Å². The molecular formula is C28H36FN3O2. The van der Waals surface area contributed by atoms with Gasteiger partial charge in [0.1, 0.15) is 5.82 Å². The highest BCUT2D eigenvalue weighted by Gasteiger charge is 2.28. The Hall–Kier alpha value is -2.89. The zero-order chi connectivity index (χ0) is 24.1. The molecule has 1 atom stereocenters. The van der Waals surface area contributed by atoms with Gasteiger partial charge < -0.3 is 16.0 Å². The Labute approximate surface area is 201 Å². The van der Waals surface area contributed by atoms with Crippen molar-refractivity contribution in [3.05, 3.63) is 64.5 Å². The summed E-state index contributed by atoms with van der Waals surface area (Å²) in [5, 5.41) is 3.12. The van der Waals surface area contributed by atoms with Crippen molar-refractivity contribution in [2.45, 2.75) is 64.2 Å². The lowest BCUT2D eigenvalue weighted by Crippen LogP contribution is -2.37. The van der Waals surface area contributed by atoms with E-state index in [9.17, 15) is 14.0 Å². The summed E-state index contributed by atoms with van der Waals surface area (Å²) in [6, 6.07) is 10.4. The van der Waals surface area contributed by atoms with Crippen molar-refractivity contribution in [1.29, 1.82) is 0 Å². The molecule has 5 nitrogen and oxygen atoms in total. The molecule has 0 saturated heterocycles. The highest BCUT2D eigenvalue weighted by molar-refractivity contribution is 5.97. The van der Waals surface area contributed by atoms with Crippen LogP contribution in [-0.4, -0.2) is 31.4 Å². The predicted octanol–water partition coefficient (Wildman–Crippen LogP) is 4.86. The molecule has 2 aromatic rings. The number of anilines is 1. The van der Waals surface area contributed by atoms with Gasteiger partial charge in [-0.2, -0.15) is 0 Å². The second-order valence-electron chi connectivity index (χ2n) is 9.84. The third kappa shape index (κ3) is 5.60. The van der Waals surface area contributed by atoms with E-state index in [1.165, 1.54) is 38.2 Å². The Kier molecular flexibility index (Phi) is 7.86. The number of primary amides is 1. The number of nitrogens with one attached hydrogen (secondary N) is 1. The van der Waals surface area contributed by atoms with E-state index >= 15 is 0 Å². The third-order valence-electron chi connectivity index (χ3n) is 7.56. The molecule has 0 bridgehead atoms. The summed E-state index contributed by atoms with van der Waals surface area (Å²) >= 11 is 0. The number of carbonyl (C=O) groups is 2. The molecule has 6 heteroatoms. The number of nitrogens with zero attached hydrogens (tertiary/aromatic N) is 1. The summed E-state index contributed by atoms with van der Waals surface area (Å²) in [7, 11) is 0. The Morgan fingerprint density at radius 2 is 1.97 bits per heavy atom. The Morgan fingerprint density at radius 3 is 2.74 bits per heavy atom. The van der Waals surface area contributed by atoms with Crippen LogP contribution in [0.2, 0.25) is 0 Å². The molecule has 34 heavy (non-hydrogen) atoms. The van der Waals surface area contributed by atoms with Crippen LogP contribution in [-0.2, 0) is 11.2 Å². The smallest absolute Gasteiger partial charge is 0.249 e. The van der Waals surface area contributed by atoms with Gasteiger partial charge in [-0.05, 0) is 73.1 Å². The van der Waals surface area contributed by atoms with E-state index in [1.807, 2.05) is 25.1 Å². The molecule has 1 aliphatic heterocycles. The highest BCUT2D eigenvalue weighted by Crippen LogP contribution is 2.34. The van der Waals surface area contributed by atoms with Crippen LogP contribution in [0, 0.1) is 18.7 Å². The molecule has 182 valence electrons. The second-order valence-corrected chi connectivity index (χ2v) is 9.84. The van der Waals surface area contributed by atoms with Gasteiger partial charge in [-0.25, -0.2) is 4.39 Å². The molecule has 1 saturated carbocycles. The molecule has 1 heterocycles. The average molecular weight is 466 g/mol. The van der Waals surface area contributed by atoms with Crippen molar-refractivity contribution in [3.63, 3.8) is 0 Å². The number of rotatable bonds is 9. The van der Waals surface area contributed by atoms with Gasteiger partial charge >= 0.3 is 0 Å². The van der Waals surface area contributed by atoms with Crippen LogP contribution in [0.25, 0.3) is 0 Å².